The molecular weight excluding hydrogens is 338 g/mol. The van der Waals surface area contributed by atoms with Crippen LogP contribution in [-0.2, 0) is 0 Å². The van der Waals surface area contributed by atoms with E-state index in [0.29, 0.717) is 21.9 Å². The molecule has 3 aromatic rings. The highest BCUT2D eigenvalue weighted by Gasteiger charge is 2.15. The van der Waals surface area contributed by atoms with Gasteiger partial charge in [0.05, 0.1) is 4.47 Å². The van der Waals surface area contributed by atoms with Crippen molar-refractivity contribution in [3.63, 3.8) is 0 Å². The minimum absolute atomic E-state index is 0.222. The van der Waals surface area contributed by atoms with E-state index in [4.69, 9.17) is 0 Å². The van der Waals surface area contributed by atoms with E-state index in [9.17, 15) is 13.6 Å². The molecule has 0 atom stereocenters. The number of hydrogen-bond donors (Lipinski definition) is 0. The third-order valence-electron chi connectivity index (χ3n) is 3.30. The predicted molar refractivity (Wildman–Crippen MR) is 81.4 cm³/mol. The molecule has 3 aromatic carbocycles. The topological polar surface area (TPSA) is 17.1 Å². The molecule has 0 spiro atoms. The number of carbonyl (C=O) groups excluding carboxylic acids is 1. The van der Waals surface area contributed by atoms with Crippen LogP contribution in [0.1, 0.15) is 15.9 Å². The van der Waals surface area contributed by atoms with Gasteiger partial charge in [-0.15, -0.1) is 0 Å². The number of ketones is 1. The molecule has 0 saturated heterocycles. The van der Waals surface area contributed by atoms with Crippen molar-refractivity contribution in [3.8, 4) is 0 Å². The van der Waals surface area contributed by atoms with Crippen LogP contribution < -0.4 is 0 Å². The first-order chi connectivity index (χ1) is 10.1. The van der Waals surface area contributed by atoms with Gasteiger partial charge in [-0.25, -0.2) is 8.78 Å². The van der Waals surface area contributed by atoms with E-state index >= 15 is 0 Å². The molecule has 21 heavy (non-hydrogen) atoms. The maximum absolute atomic E-state index is 13.8. The molecule has 0 saturated carbocycles. The summed E-state index contributed by atoms with van der Waals surface area (Å²) < 4.78 is 27.3. The molecule has 0 heterocycles. The third kappa shape index (κ3) is 2.47. The summed E-state index contributed by atoms with van der Waals surface area (Å²) in [4.78, 5) is 12.6. The fraction of sp³-hybridized carbons (Fsp3) is 0. The highest BCUT2D eigenvalue weighted by Crippen LogP contribution is 2.25. The van der Waals surface area contributed by atoms with Gasteiger partial charge in [0.25, 0.3) is 0 Å². The predicted octanol–water partition coefficient (Wildman–Crippen LogP) is 5.11. The highest BCUT2D eigenvalue weighted by atomic mass is 79.9. The first-order valence-corrected chi connectivity index (χ1v) is 7.04. The normalized spacial score (nSPS) is 10.8. The van der Waals surface area contributed by atoms with Gasteiger partial charge in [-0.1, -0.05) is 24.3 Å². The Labute approximate surface area is 128 Å². The van der Waals surface area contributed by atoms with Gasteiger partial charge >= 0.3 is 0 Å². The molecule has 0 unspecified atom stereocenters. The van der Waals surface area contributed by atoms with Crippen molar-refractivity contribution < 1.29 is 13.6 Å². The van der Waals surface area contributed by atoms with Crippen molar-refractivity contribution in [2.45, 2.75) is 0 Å². The van der Waals surface area contributed by atoms with Crippen molar-refractivity contribution in [2.24, 2.45) is 0 Å². The molecule has 0 aliphatic carbocycles. The zero-order valence-corrected chi connectivity index (χ0v) is 12.3. The largest absolute Gasteiger partial charge is 0.289 e. The Bertz CT molecular complexity index is 859. The minimum Gasteiger partial charge on any atom is -0.289 e. The number of hydrogen-bond acceptors (Lipinski definition) is 1. The van der Waals surface area contributed by atoms with Gasteiger partial charge in [0.15, 0.2) is 5.78 Å². The Balaban J connectivity index is 2.18. The summed E-state index contributed by atoms with van der Waals surface area (Å²) in [5.74, 6) is -1.08. The van der Waals surface area contributed by atoms with E-state index < -0.39 is 5.82 Å². The summed E-state index contributed by atoms with van der Waals surface area (Å²) in [6, 6.07) is 13.6. The van der Waals surface area contributed by atoms with Crippen LogP contribution in [-0.4, -0.2) is 5.78 Å². The monoisotopic (exact) mass is 346 g/mol. The molecule has 0 aliphatic rings. The average Bonchev–Trinajstić information content (AvgIpc) is 2.50. The van der Waals surface area contributed by atoms with Crippen LogP contribution in [0.5, 0.6) is 0 Å². The van der Waals surface area contributed by atoms with Crippen LogP contribution in [0.25, 0.3) is 10.8 Å². The first kappa shape index (κ1) is 13.9. The van der Waals surface area contributed by atoms with E-state index in [1.165, 1.54) is 30.3 Å². The maximum Gasteiger partial charge on any atom is 0.193 e. The Morgan fingerprint density at radius 3 is 2.24 bits per heavy atom. The van der Waals surface area contributed by atoms with Crippen molar-refractivity contribution in [2.75, 3.05) is 0 Å². The number of benzene rings is 3. The third-order valence-corrected chi connectivity index (χ3v) is 3.90. The molecule has 104 valence electrons. The van der Waals surface area contributed by atoms with Crippen molar-refractivity contribution in [3.05, 3.63) is 81.8 Å². The van der Waals surface area contributed by atoms with Crippen molar-refractivity contribution >= 4 is 32.5 Å². The Morgan fingerprint density at radius 2 is 1.52 bits per heavy atom. The molecule has 0 radical (unpaired) electrons. The molecule has 0 fully saturated rings. The van der Waals surface area contributed by atoms with E-state index in [2.05, 4.69) is 15.9 Å². The van der Waals surface area contributed by atoms with Gasteiger partial charge in [-0.3, -0.25) is 4.79 Å². The van der Waals surface area contributed by atoms with Crippen LogP contribution in [0.2, 0.25) is 0 Å². The standard InChI is InChI=1S/C17H9BrF2O/c18-14-9-10(5-7-16(14)20)17(21)13-6-8-15(19)12-4-2-1-3-11(12)13/h1-9H. The zero-order valence-electron chi connectivity index (χ0n) is 10.7. The van der Waals surface area contributed by atoms with Crippen LogP contribution in [0.4, 0.5) is 8.78 Å². The molecule has 1 nitrogen and oxygen atoms in total. The van der Waals surface area contributed by atoms with Gasteiger partial charge in [0.1, 0.15) is 11.6 Å². The summed E-state index contributed by atoms with van der Waals surface area (Å²) in [6.45, 7) is 0. The van der Waals surface area contributed by atoms with E-state index in [1.807, 2.05) is 0 Å². The van der Waals surface area contributed by atoms with Gasteiger partial charge < -0.3 is 0 Å². The molecule has 0 aliphatic heterocycles. The smallest absolute Gasteiger partial charge is 0.193 e. The molecule has 4 heteroatoms. The summed E-state index contributed by atoms with van der Waals surface area (Å²) in [5.41, 5.74) is 0.741. The first-order valence-electron chi connectivity index (χ1n) is 6.25. The lowest BCUT2D eigenvalue weighted by Crippen LogP contribution is -2.03. The lowest BCUT2D eigenvalue weighted by molar-refractivity contribution is 0.104. The maximum atomic E-state index is 13.8. The fourth-order valence-electron chi connectivity index (χ4n) is 2.25. The Hall–Kier alpha value is -2.07. The van der Waals surface area contributed by atoms with Gasteiger partial charge in [-0.2, -0.15) is 0 Å². The Kier molecular flexibility index (Phi) is 3.55. The summed E-state index contributed by atoms with van der Waals surface area (Å²) in [7, 11) is 0. The molecule has 0 N–H and O–H groups in total. The van der Waals surface area contributed by atoms with Gasteiger partial charge in [0, 0.05) is 16.5 Å². The zero-order chi connectivity index (χ0) is 15.0. The molecule has 0 amide bonds. The summed E-state index contributed by atoms with van der Waals surface area (Å²) in [6.07, 6.45) is 0. The molecular formula is C17H9BrF2O. The fourth-order valence-corrected chi connectivity index (χ4v) is 2.63. The second-order valence-electron chi connectivity index (χ2n) is 4.60. The number of fused-ring (bicyclic) bond motifs is 1. The highest BCUT2D eigenvalue weighted by molar-refractivity contribution is 9.10. The van der Waals surface area contributed by atoms with Crippen LogP contribution in [0.15, 0.2) is 59.1 Å². The number of carbonyl (C=O) groups is 1. The Morgan fingerprint density at radius 1 is 0.857 bits per heavy atom. The second-order valence-corrected chi connectivity index (χ2v) is 5.45. The lowest BCUT2D eigenvalue weighted by Gasteiger charge is -2.07. The number of rotatable bonds is 2. The molecule has 3 rings (SSSR count). The minimum atomic E-state index is -0.435. The van der Waals surface area contributed by atoms with Crippen LogP contribution >= 0.6 is 15.9 Å². The van der Waals surface area contributed by atoms with Gasteiger partial charge in [-0.05, 0) is 51.6 Å². The van der Waals surface area contributed by atoms with E-state index in [-0.39, 0.29) is 16.1 Å². The summed E-state index contributed by atoms with van der Waals surface area (Å²) >= 11 is 3.06. The van der Waals surface area contributed by atoms with Crippen LogP contribution in [0, 0.1) is 11.6 Å². The average molecular weight is 347 g/mol. The summed E-state index contributed by atoms with van der Waals surface area (Å²) in [5, 5.41) is 0.937. The van der Waals surface area contributed by atoms with Crippen molar-refractivity contribution in [1.82, 2.24) is 0 Å². The van der Waals surface area contributed by atoms with Crippen molar-refractivity contribution in [1.29, 1.82) is 0 Å². The molecule has 0 aromatic heterocycles. The number of halogens is 3. The molecule has 0 bridgehead atoms. The van der Waals surface area contributed by atoms with E-state index in [0.717, 1.165) is 0 Å². The van der Waals surface area contributed by atoms with E-state index in [1.54, 1.807) is 24.3 Å². The second kappa shape index (κ2) is 5.37. The quantitative estimate of drug-likeness (QED) is 0.589. The SMILES string of the molecule is O=C(c1ccc(F)c(Br)c1)c1ccc(F)c2ccccc12. The van der Waals surface area contributed by atoms with Crippen LogP contribution in [0.3, 0.4) is 0 Å². The van der Waals surface area contributed by atoms with Gasteiger partial charge in [0.2, 0.25) is 0 Å². The lowest BCUT2D eigenvalue weighted by atomic mass is 9.97.